The molecule has 1 saturated carbocycles. The van der Waals surface area contributed by atoms with E-state index in [-0.39, 0.29) is 11.4 Å². The van der Waals surface area contributed by atoms with Gasteiger partial charge in [-0.2, -0.15) is 0 Å². The Kier molecular flexibility index (Phi) is 8.06. The van der Waals surface area contributed by atoms with Crippen LogP contribution in [0.4, 0.5) is 0 Å². The number of unbranched alkanes of at least 4 members (excludes halogenated alkanes) is 1. The molecule has 2 aromatic rings. The quantitative estimate of drug-likeness (QED) is 0.254. The van der Waals surface area contributed by atoms with Crippen LogP contribution in [0.5, 0.6) is 0 Å². The summed E-state index contributed by atoms with van der Waals surface area (Å²) in [6.07, 6.45) is 15.7. The van der Waals surface area contributed by atoms with Gasteiger partial charge in [0, 0.05) is 13.1 Å². The molecule has 3 aliphatic rings. The lowest BCUT2D eigenvalue weighted by atomic mass is 9.71. The normalized spacial score (nSPS) is 19.4. The van der Waals surface area contributed by atoms with Gasteiger partial charge >= 0.3 is 5.97 Å². The number of benzene rings is 2. The Hall–Kier alpha value is -2.65. The van der Waals surface area contributed by atoms with E-state index >= 15 is 0 Å². The van der Waals surface area contributed by atoms with Gasteiger partial charge in [0.1, 0.15) is 0 Å². The first-order valence-electron chi connectivity index (χ1n) is 14.2. The van der Waals surface area contributed by atoms with Gasteiger partial charge in [0.15, 0.2) is 0 Å². The molecular weight excluding hydrogens is 442 g/mol. The van der Waals surface area contributed by atoms with Gasteiger partial charge in [-0.1, -0.05) is 91.9 Å². The highest BCUT2D eigenvalue weighted by Crippen LogP contribution is 2.42. The molecule has 3 heteroatoms. The third-order valence-electron chi connectivity index (χ3n) is 8.61. The van der Waals surface area contributed by atoms with Crippen LogP contribution in [-0.2, 0) is 9.53 Å². The largest absolute Gasteiger partial charge is 0.466 e. The van der Waals surface area contributed by atoms with Crippen LogP contribution in [0.15, 0.2) is 54.1 Å². The standard InChI is InChI=1S/C33H41NO2/c1-2-36-32(35)33(20-8-3-9-21-33)22-10-11-23-34-24-18-28(19-25-34)31-29-14-6-4-12-26(29)16-17-27-13-5-7-15-30(27)31/h4-7,12-17H,2-3,8-11,18-25H2,1H3. The molecule has 1 heterocycles. The highest BCUT2D eigenvalue weighted by atomic mass is 16.5. The number of rotatable bonds is 7. The van der Waals surface area contributed by atoms with E-state index < -0.39 is 0 Å². The smallest absolute Gasteiger partial charge is 0.312 e. The van der Waals surface area contributed by atoms with Crippen molar-refractivity contribution in [2.75, 3.05) is 26.2 Å². The topological polar surface area (TPSA) is 29.5 Å². The molecule has 0 aromatic heterocycles. The fourth-order valence-electron chi connectivity index (χ4n) is 6.61. The Morgan fingerprint density at radius 2 is 1.47 bits per heavy atom. The maximum absolute atomic E-state index is 12.8. The highest BCUT2D eigenvalue weighted by Gasteiger charge is 2.40. The second-order valence-corrected chi connectivity index (χ2v) is 10.8. The number of fused-ring (bicyclic) bond motifs is 2. The molecule has 0 unspecified atom stereocenters. The van der Waals surface area contributed by atoms with E-state index in [1.165, 1.54) is 53.5 Å². The Morgan fingerprint density at radius 3 is 2.08 bits per heavy atom. The molecule has 5 rings (SSSR count). The van der Waals surface area contributed by atoms with Gasteiger partial charge in [-0.25, -0.2) is 0 Å². The van der Waals surface area contributed by atoms with Crippen LogP contribution in [0.1, 0.15) is 93.4 Å². The van der Waals surface area contributed by atoms with Crippen LogP contribution >= 0.6 is 0 Å². The van der Waals surface area contributed by atoms with Crippen molar-refractivity contribution in [3.8, 4) is 0 Å². The van der Waals surface area contributed by atoms with E-state index in [2.05, 4.69) is 65.6 Å². The lowest BCUT2D eigenvalue weighted by Crippen LogP contribution is -2.36. The Balaban J connectivity index is 1.22. The summed E-state index contributed by atoms with van der Waals surface area (Å²) in [5.74, 6) is 0.0670. The predicted octanol–water partition coefficient (Wildman–Crippen LogP) is 7.75. The van der Waals surface area contributed by atoms with Gasteiger partial charge in [0.05, 0.1) is 12.0 Å². The summed E-state index contributed by atoms with van der Waals surface area (Å²) < 4.78 is 5.50. The highest BCUT2D eigenvalue weighted by molar-refractivity contribution is 5.94. The first-order chi connectivity index (χ1) is 17.7. The molecule has 1 aliphatic heterocycles. The number of hydrogen-bond donors (Lipinski definition) is 0. The number of esters is 1. The summed E-state index contributed by atoms with van der Waals surface area (Å²) in [6, 6.07) is 17.7. The van der Waals surface area contributed by atoms with E-state index in [0.29, 0.717) is 6.61 Å². The molecule has 3 nitrogen and oxygen atoms in total. The van der Waals surface area contributed by atoms with Crippen LogP contribution in [-0.4, -0.2) is 37.1 Å². The molecule has 190 valence electrons. The van der Waals surface area contributed by atoms with E-state index in [1.54, 1.807) is 5.57 Å². The van der Waals surface area contributed by atoms with Crippen molar-refractivity contribution in [3.63, 3.8) is 0 Å². The molecule has 0 radical (unpaired) electrons. The molecule has 2 aromatic carbocycles. The fraction of sp³-hybridized carbons (Fsp3) is 0.485. The van der Waals surface area contributed by atoms with Crippen LogP contribution in [0, 0.1) is 5.41 Å². The second-order valence-electron chi connectivity index (χ2n) is 10.8. The van der Waals surface area contributed by atoms with Crippen molar-refractivity contribution in [2.45, 2.75) is 71.1 Å². The maximum Gasteiger partial charge on any atom is 0.312 e. The number of piperidine rings is 1. The Labute approximate surface area is 217 Å². The minimum Gasteiger partial charge on any atom is -0.466 e. The van der Waals surface area contributed by atoms with Crippen molar-refractivity contribution in [2.24, 2.45) is 5.41 Å². The van der Waals surface area contributed by atoms with Crippen molar-refractivity contribution in [1.29, 1.82) is 0 Å². The van der Waals surface area contributed by atoms with Crippen molar-refractivity contribution >= 4 is 23.7 Å². The molecule has 2 fully saturated rings. The van der Waals surface area contributed by atoms with Crippen molar-refractivity contribution < 1.29 is 9.53 Å². The zero-order valence-corrected chi connectivity index (χ0v) is 21.9. The van der Waals surface area contributed by atoms with Crippen molar-refractivity contribution in [1.82, 2.24) is 4.90 Å². The first-order valence-corrected chi connectivity index (χ1v) is 14.2. The van der Waals surface area contributed by atoms with E-state index in [0.717, 1.165) is 58.2 Å². The molecule has 0 bridgehead atoms. The second kappa shape index (κ2) is 11.6. The molecule has 0 atom stereocenters. The lowest BCUT2D eigenvalue weighted by Gasteiger charge is -2.35. The number of carbonyl (C=O) groups excluding carboxylic acids is 1. The van der Waals surface area contributed by atoms with Crippen LogP contribution in [0.25, 0.3) is 17.7 Å². The summed E-state index contributed by atoms with van der Waals surface area (Å²) in [7, 11) is 0. The van der Waals surface area contributed by atoms with Crippen LogP contribution in [0.3, 0.4) is 0 Å². The number of hydrogen-bond acceptors (Lipinski definition) is 3. The van der Waals surface area contributed by atoms with Gasteiger partial charge in [-0.3, -0.25) is 4.79 Å². The van der Waals surface area contributed by atoms with Gasteiger partial charge in [-0.15, -0.1) is 0 Å². The van der Waals surface area contributed by atoms with E-state index in [4.69, 9.17) is 4.74 Å². The molecule has 0 N–H and O–H groups in total. The molecule has 1 saturated heterocycles. The van der Waals surface area contributed by atoms with Gasteiger partial charge in [0.25, 0.3) is 0 Å². The average Bonchev–Trinajstić information content (AvgIpc) is 3.09. The minimum atomic E-state index is -0.206. The monoisotopic (exact) mass is 483 g/mol. The zero-order valence-electron chi connectivity index (χ0n) is 21.9. The first kappa shape index (κ1) is 25.0. The SMILES string of the molecule is CCOC(=O)C1(CCCCN2CCC(=C3c4ccccc4C=Cc4ccccc43)CC2)CCCCC1. The summed E-state index contributed by atoms with van der Waals surface area (Å²) in [5, 5.41) is 0. The van der Waals surface area contributed by atoms with E-state index in [1.807, 2.05) is 6.92 Å². The number of ether oxygens (including phenoxy) is 1. The van der Waals surface area contributed by atoms with Gasteiger partial charge in [-0.05, 0) is 79.8 Å². The zero-order chi connectivity index (χ0) is 24.8. The average molecular weight is 484 g/mol. The molecule has 36 heavy (non-hydrogen) atoms. The third kappa shape index (κ3) is 5.37. The summed E-state index contributed by atoms with van der Waals surface area (Å²) >= 11 is 0. The van der Waals surface area contributed by atoms with E-state index in [9.17, 15) is 4.79 Å². The predicted molar refractivity (Wildman–Crippen MR) is 150 cm³/mol. The molecule has 0 spiro atoms. The number of nitrogens with zero attached hydrogens (tertiary/aromatic N) is 1. The van der Waals surface area contributed by atoms with Gasteiger partial charge < -0.3 is 9.64 Å². The minimum absolute atomic E-state index is 0.0670. The molecule has 0 amide bonds. The van der Waals surface area contributed by atoms with Crippen molar-refractivity contribution in [3.05, 3.63) is 76.4 Å². The molecular formula is C33H41NO2. The molecule has 2 aliphatic carbocycles. The third-order valence-corrected chi connectivity index (χ3v) is 8.61. The summed E-state index contributed by atoms with van der Waals surface area (Å²) in [6.45, 7) is 5.81. The number of carbonyl (C=O) groups is 1. The van der Waals surface area contributed by atoms with Crippen LogP contribution < -0.4 is 0 Å². The maximum atomic E-state index is 12.8. The van der Waals surface area contributed by atoms with Crippen LogP contribution in [0.2, 0.25) is 0 Å². The Bertz CT molecular complexity index is 1060. The Morgan fingerprint density at radius 1 is 0.861 bits per heavy atom. The summed E-state index contributed by atoms with van der Waals surface area (Å²) in [5.41, 5.74) is 8.23. The lowest BCUT2D eigenvalue weighted by molar-refractivity contribution is -0.158. The van der Waals surface area contributed by atoms with Gasteiger partial charge in [0.2, 0.25) is 0 Å². The fourth-order valence-corrected chi connectivity index (χ4v) is 6.61. The number of likely N-dealkylation sites (tertiary alicyclic amines) is 1. The summed E-state index contributed by atoms with van der Waals surface area (Å²) in [4.78, 5) is 15.4.